The zero-order valence-electron chi connectivity index (χ0n) is 28.4. The minimum absolute atomic E-state index is 0.651. The molecule has 0 radical (unpaired) electrons. The third kappa shape index (κ3) is 5.71. The molecule has 0 fully saturated rings. The number of fused-ring (bicyclic) bond motifs is 2. The lowest BCUT2D eigenvalue weighted by molar-refractivity contribution is 1.32. The molecular formula is C50H32N2. The molecule has 0 aliphatic carbocycles. The fraction of sp³-hybridized carbons (Fsp3) is 0. The van der Waals surface area contributed by atoms with Crippen LogP contribution in [0.1, 0.15) is 0 Å². The molecule has 2 heteroatoms. The molecule has 9 rings (SSSR count). The zero-order chi connectivity index (χ0) is 34.9. The molecule has 8 aromatic carbocycles. The molecule has 2 nitrogen and oxygen atoms in total. The molecule has 0 saturated carbocycles. The number of nitrogens with zero attached hydrogens (tertiary/aromatic N) is 2. The smallest absolute Gasteiger partial charge is 0.187 e. The van der Waals surface area contributed by atoms with Crippen molar-refractivity contribution in [3.05, 3.63) is 206 Å². The third-order valence-electron chi connectivity index (χ3n) is 9.94. The molecule has 0 aliphatic rings. The van der Waals surface area contributed by atoms with Crippen molar-refractivity contribution < 1.29 is 0 Å². The molecule has 0 bridgehead atoms. The van der Waals surface area contributed by atoms with Crippen LogP contribution < -0.4 is 0 Å². The number of hydrogen-bond acceptors (Lipinski definition) is 1. The highest BCUT2D eigenvalue weighted by molar-refractivity contribution is 6.12. The summed E-state index contributed by atoms with van der Waals surface area (Å²) in [6.45, 7) is 7.35. The van der Waals surface area contributed by atoms with Gasteiger partial charge in [0.25, 0.3) is 0 Å². The van der Waals surface area contributed by atoms with Crippen LogP contribution in [0.5, 0.6) is 0 Å². The second kappa shape index (κ2) is 13.3. The van der Waals surface area contributed by atoms with Gasteiger partial charge in [0, 0.05) is 11.1 Å². The highest BCUT2D eigenvalue weighted by Gasteiger charge is 2.15. The Morgan fingerprint density at radius 1 is 0.308 bits per heavy atom. The summed E-state index contributed by atoms with van der Waals surface area (Å²) in [5.41, 5.74) is 14.1. The molecule has 1 heterocycles. The van der Waals surface area contributed by atoms with Gasteiger partial charge in [-0.05, 0) is 78.2 Å². The summed E-state index contributed by atoms with van der Waals surface area (Å²) in [7, 11) is 0. The van der Waals surface area contributed by atoms with Crippen LogP contribution in [-0.2, 0) is 0 Å². The van der Waals surface area contributed by atoms with Crippen LogP contribution in [0.15, 0.2) is 194 Å². The lowest BCUT2D eigenvalue weighted by Crippen LogP contribution is -1.91. The van der Waals surface area contributed by atoms with E-state index in [0.717, 1.165) is 44.8 Å². The van der Waals surface area contributed by atoms with Crippen LogP contribution in [-0.4, -0.2) is 4.98 Å². The molecule has 52 heavy (non-hydrogen) atoms. The van der Waals surface area contributed by atoms with E-state index in [1.54, 1.807) is 0 Å². The van der Waals surface area contributed by atoms with Crippen LogP contribution in [0, 0.1) is 6.57 Å². The summed E-state index contributed by atoms with van der Waals surface area (Å²) < 4.78 is 0. The van der Waals surface area contributed by atoms with E-state index in [9.17, 15) is 0 Å². The van der Waals surface area contributed by atoms with Gasteiger partial charge in [-0.3, -0.25) is 0 Å². The zero-order valence-corrected chi connectivity index (χ0v) is 28.4. The summed E-state index contributed by atoms with van der Waals surface area (Å²) in [4.78, 5) is 8.64. The number of hydrogen-bond donors (Lipinski definition) is 0. The Labute approximate surface area is 303 Å². The molecule has 242 valence electrons. The Hall–Kier alpha value is -7.08. The number of benzene rings is 8. The molecule has 0 amide bonds. The molecule has 0 spiro atoms. The molecule has 9 aromatic rings. The van der Waals surface area contributed by atoms with Crippen molar-refractivity contribution in [1.29, 1.82) is 0 Å². The van der Waals surface area contributed by atoms with Gasteiger partial charge in [0.15, 0.2) is 5.69 Å². The Balaban J connectivity index is 1.11. The van der Waals surface area contributed by atoms with E-state index in [4.69, 9.17) is 11.6 Å². The summed E-state index contributed by atoms with van der Waals surface area (Å²) in [5.74, 6) is 0. The average Bonchev–Trinajstić information content (AvgIpc) is 3.23. The van der Waals surface area contributed by atoms with Gasteiger partial charge < -0.3 is 0 Å². The van der Waals surface area contributed by atoms with Gasteiger partial charge in [-0.25, -0.2) is 9.83 Å². The lowest BCUT2D eigenvalue weighted by atomic mass is 9.88. The van der Waals surface area contributed by atoms with E-state index in [1.165, 1.54) is 43.8 Å². The summed E-state index contributed by atoms with van der Waals surface area (Å²) >= 11 is 0. The largest absolute Gasteiger partial charge is 0.248 e. The van der Waals surface area contributed by atoms with Gasteiger partial charge in [0.2, 0.25) is 0 Å². The van der Waals surface area contributed by atoms with Crippen molar-refractivity contribution in [2.45, 2.75) is 0 Å². The fourth-order valence-electron chi connectivity index (χ4n) is 7.34. The van der Waals surface area contributed by atoms with Gasteiger partial charge in [-0.2, -0.15) is 0 Å². The predicted molar refractivity (Wildman–Crippen MR) is 218 cm³/mol. The van der Waals surface area contributed by atoms with E-state index in [0.29, 0.717) is 5.69 Å². The first-order chi connectivity index (χ1) is 25.7. The van der Waals surface area contributed by atoms with Gasteiger partial charge in [0.1, 0.15) is 0 Å². The normalized spacial score (nSPS) is 11.1. The SMILES string of the molecule is [C-]#[N+]c1ccc(-c2ccc(-c3ccc(-c4ccc(-c5cc(-c6ccccc6)nc(-c6ccccc6)c5)cc4)c4ccccc34)c3ccccc23)cc1. The third-order valence-corrected chi connectivity index (χ3v) is 9.94. The van der Waals surface area contributed by atoms with E-state index in [-0.39, 0.29) is 0 Å². The predicted octanol–water partition coefficient (Wildman–Crippen LogP) is 13.9. The molecule has 1 aromatic heterocycles. The first-order valence-corrected chi connectivity index (χ1v) is 17.5. The standard InChI is InChI=1S/C50H32N2/c1-51-40-26-24-36(25-27-40)42-29-31-48(46-19-11-9-17-44(42)46)47-30-28-41(43-16-8-10-18-45(43)47)35-22-20-34(21-23-35)39-32-49(37-12-4-2-5-13-37)52-50(33-39)38-14-6-3-7-15-38/h2-33H. The Kier molecular flexibility index (Phi) is 7.93. The summed E-state index contributed by atoms with van der Waals surface area (Å²) in [6.07, 6.45) is 0. The Morgan fingerprint density at radius 3 is 1.12 bits per heavy atom. The van der Waals surface area contributed by atoms with Crippen molar-refractivity contribution in [1.82, 2.24) is 4.98 Å². The van der Waals surface area contributed by atoms with E-state index in [2.05, 4.69) is 163 Å². The molecule has 0 atom stereocenters. The molecule has 0 unspecified atom stereocenters. The minimum atomic E-state index is 0.651. The monoisotopic (exact) mass is 660 g/mol. The van der Waals surface area contributed by atoms with Crippen LogP contribution in [0.2, 0.25) is 0 Å². The summed E-state index contributed by atoms with van der Waals surface area (Å²) in [6, 6.07) is 68.4. The second-order valence-corrected chi connectivity index (χ2v) is 13.0. The average molecular weight is 661 g/mol. The second-order valence-electron chi connectivity index (χ2n) is 13.0. The van der Waals surface area contributed by atoms with Gasteiger partial charge in [-0.15, -0.1) is 0 Å². The lowest BCUT2D eigenvalue weighted by Gasteiger charge is -2.16. The number of aromatic nitrogens is 1. The van der Waals surface area contributed by atoms with Crippen molar-refractivity contribution >= 4 is 27.2 Å². The highest BCUT2D eigenvalue weighted by Crippen LogP contribution is 2.41. The molecule has 0 saturated heterocycles. The minimum Gasteiger partial charge on any atom is -0.248 e. The molecule has 0 N–H and O–H groups in total. The molecular weight excluding hydrogens is 629 g/mol. The number of pyridine rings is 1. The van der Waals surface area contributed by atoms with Gasteiger partial charge >= 0.3 is 0 Å². The van der Waals surface area contributed by atoms with Crippen LogP contribution in [0.25, 0.3) is 93.4 Å². The quantitative estimate of drug-likeness (QED) is 0.162. The number of rotatable bonds is 6. The first kappa shape index (κ1) is 30.9. The van der Waals surface area contributed by atoms with Gasteiger partial charge in [-0.1, -0.05) is 182 Å². The first-order valence-electron chi connectivity index (χ1n) is 17.5. The summed E-state index contributed by atoms with van der Waals surface area (Å²) in [5, 5.41) is 4.84. The van der Waals surface area contributed by atoms with Crippen LogP contribution in [0.4, 0.5) is 5.69 Å². The van der Waals surface area contributed by atoms with Gasteiger partial charge in [0.05, 0.1) is 18.0 Å². The maximum absolute atomic E-state index is 7.35. The Morgan fingerprint density at radius 2 is 0.673 bits per heavy atom. The van der Waals surface area contributed by atoms with Crippen molar-refractivity contribution in [2.24, 2.45) is 0 Å². The maximum atomic E-state index is 7.35. The van der Waals surface area contributed by atoms with E-state index < -0.39 is 0 Å². The molecule has 0 aliphatic heterocycles. The Bertz CT molecular complexity index is 2700. The topological polar surface area (TPSA) is 17.2 Å². The van der Waals surface area contributed by atoms with Crippen LogP contribution >= 0.6 is 0 Å². The van der Waals surface area contributed by atoms with E-state index >= 15 is 0 Å². The van der Waals surface area contributed by atoms with Crippen molar-refractivity contribution in [3.63, 3.8) is 0 Å². The van der Waals surface area contributed by atoms with Crippen molar-refractivity contribution in [2.75, 3.05) is 0 Å². The van der Waals surface area contributed by atoms with Crippen molar-refractivity contribution in [3.8, 4) is 67.0 Å². The van der Waals surface area contributed by atoms with E-state index in [1.807, 2.05) is 36.4 Å². The van der Waals surface area contributed by atoms with Crippen LogP contribution in [0.3, 0.4) is 0 Å². The fourth-order valence-corrected chi connectivity index (χ4v) is 7.34. The highest BCUT2D eigenvalue weighted by atomic mass is 14.7. The maximum Gasteiger partial charge on any atom is 0.187 e.